The Bertz CT molecular complexity index is 716. The minimum atomic E-state index is -0.152. The van der Waals surface area contributed by atoms with E-state index >= 15 is 0 Å². The molecule has 0 spiro atoms. The lowest BCUT2D eigenvalue weighted by Gasteiger charge is -2.27. The molecule has 0 aromatic carbocycles. The van der Waals surface area contributed by atoms with E-state index in [0.29, 0.717) is 24.6 Å². The number of likely N-dealkylation sites (tertiary alicyclic amines) is 1. The Morgan fingerprint density at radius 1 is 1.12 bits per heavy atom. The molecule has 2 aliphatic heterocycles. The number of rotatable bonds is 4. The van der Waals surface area contributed by atoms with Gasteiger partial charge in [-0.1, -0.05) is 0 Å². The van der Waals surface area contributed by atoms with Crippen molar-refractivity contribution in [2.24, 2.45) is 0 Å². The van der Waals surface area contributed by atoms with Crippen LogP contribution in [-0.4, -0.2) is 64.1 Å². The van der Waals surface area contributed by atoms with E-state index in [-0.39, 0.29) is 18.0 Å². The van der Waals surface area contributed by atoms with Crippen LogP contribution >= 0.6 is 0 Å². The number of carbonyl (C=O) groups is 1. The van der Waals surface area contributed by atoms with Gasteiger partial charge in [0.25, 0.3) is 5.91 Å². The summed E-state index contributed by atoms with van der Waals surface area (Å²) in [5, 5.41) is 3.09. The summed E-state index contributed by atoms with van der Waals surface area (Å²) in [5.41, 5.74) is 1.34. The topological polar surface area (TPSA) is 80.2 Å². The largest absolute Gasteiger partial charge is 0.378 e. The molecule has 4 heterocycles. The van der Waals surface area contributed by atoms with E-state index in [4.69, 9.17) is 4.74 Å². The van der Waals surface area contributed by atoms with Gasteiger partial charge < -0.3 is 10.1 Å². The second-order valence-electron chi connectivity index (χ2n) is 6.46. The van der Waals surface area contributed by atoms with Crippen LogP contribution in [0.2, 0.25) is 0 Å². The Labute approximate surface area is 146 Å². The van der Waals surface area contributed by atoms with E-state index in [1.54, 1.807) is 24.8 Å². The fourth-order valence-electron chi connectivity index (χ4n) is 3.46. The number of amides is 1. The average Bonchev–Trinajstić information content (AvgIpc) is 3.34. The summed E-state index contributed by atoms with van der Waals surface area (Å²) in [5.74, 6) is 0.430. The number of nitrogens with zero attached hydrogens (tertiary/aromatic N) is 4. The molecule has 7 nitrogen and oxygen atoms in total. The highest BCUT2D eigenvalue weighted by atomic mass is 16.5. The molecule has 2 aromatic heterocycles. The maximum absolute atomic E-state index is 12.5. The van der Waals surface area contributed by atoms with Crippen LogP contribution in [0.4, 0.5) is 0 Å². The summed E-state index contributed by atoms with van der Waals surface area (Å²) in [7, 11) is 0. The van der Waals surface area contributed by atoms with Gasteiger partial charge in [-0.05, 0) is 38.1 Å². The number of hydrogen-bond donors (Lipinski definition) is 1. The van der Waals surface area contributed by atoms with Crippen molar-refractivity contribution in [3.8, 4) is 11.4 Å². The van der Waals surface area contributed by atoms with Crippen LogP contribution in [0.5, 0.6) is 0 Å². The van der Waals surface area contributed by atoms with Gasteiger partial charge >= 0.3 is 0 Å². The molecule has 2 atom stereocenters. The van der Waals surface area contributed by atoms with E-state index < -0.39 is 0 Å². The van der Waals surface area contributed by atoms with Crippen LogP contribution in [0, 0.1) is 0 Å². The smallest absolute Gasteiger partial charge is 0.254 e. The molecule has 4 rings (SSSR count). The maximum atomic E-state index is 12.5. The Hall–Kier alpha value is -2.38. The number of carbonyl (C=O) groups excluding carboxylic acids is 1. The van der Waals surface area contributed by atoms with Crippen molar-refractivity contribution in [3.63, 3.8) is 0 Å². The van der Waals surface area contributed by atoms with Gasteiger partial charge in [0.15, 0.2) is 5.82 Å². The van der Waals surface area contributed by atoms with Crippen LogP contribution in [0.25, 0.3) is 11.4 Å². The Balaban J connectivity index is 1.42. The summed E-state index contributed by atoms with van der Waals surface area (Å²) in [4.78, 5) is 27.5. The van der Waals surface area contributed by atoms with Gasteiger partial charge in [-0.3, -0.25) is 14.7 Å². The van der Waals surface area contributed by atoms with Gasteiger partial charge in [-0.15, -0.1) is 0 Å². The molecule has 7 heteroatoms. The Kier molecular flexibility index (Phi) is 4.67. The van der Waals surface area contributed by atoms with Crippen LogP contribution < -0.4 is 5.32 Å². The molecule has 1 amide bonds. The highest BCUT2D eigenvalue weighted by Gasteiger charge is 2.35. The van der Waals surface area contributed by atoms with Crippen molar-refractivity contribution in [1.29, 1.82) is 0 Å². The van der Waals surface area contributed by atoms with E-state index in [1.807, 2.05) is 12.1 Å². The first-order chi connectivity index (χ1) is 12.3. The molecule has 0 radical (unpaired) electrons. The lowest BCUT2D eigenvalue weighted by atomic mass is 10.1. The predicted molar refractivity (Wildman–Crippen MR) is 91.9 cm³/mol. The van der Waals surface area contributed by atoms with Crippen molar-refractivity contribution in [1.82, 2.24) is 25.2 Å². The van der Waals surface area contributed by atoms with Crippen molar-refractivity contribution < 1.29 is 9.53 Å². The third-order valence-corrected chi connectivity index (χ3v) is 4.83. The summed E-state index contributed by atoms with van der Waals surface area (Å²) in [6, 6.07) is 3.96. The number of ether oxygens (including phenoxy) is 1. The van der Waals surface area contributed by atoms with E-state index in [0.717, 1.165) is 18.7 Å². The highest BCUT2D eigenvalue weighted by molar-refractivity contribution is 5.94. The third kappa shape index (κ3) is 3.52. The molecule has 0 saturated carbocycles. The molecule has 0 unspecified atom stereocenters. The molecule has 2 fully saturated rings. The molecule has 2 saturated heterocycles. The van der Waals surface area contributed by atoms with E-state index in [2.05, 4.69) is 25.2 Å². The predicted octanol–water partition coefficient (Wildman–Crippen LogP) is 1.13. The number of nitrogens with one attached hydrogen (secondary N) is 1. The first kappa shape index (κ1) is 16.1. The Morgan fingerprint density at radius 3 is 2.56 bits per heavy atom. The van der Waals surface area contributed by atoms with Crippen LogP contribution in [0.1, 0.15) is 23.2 Å². The maximum Gasteiger partial charge on any atom is 0.254 e. The summed E-state index contributed by atoms with van der Waals surface area (Å²) in [6.45, 7) is 3.42. The van der Waals surface area contributed by atoms with Gasteiger partial charge in [-0.2, -0.15) is 0 Å². The van der Waals surface area contributed by atoms with Gasteiger partial charge in [0, 0.05) is 30.4 Å². The number of aromatic nitrogens is 3. The molecule has 2 aliphatic rings. The zero-order valence-corrected chi connectivity index (χ0v) is 14.0. The fourth-order valence-corrected chi connectivity index (χ4v) is 3.46. The van der Waals surface area contributed by atoms with Crippen molar-refractivity contribution in [2.75, 3.05) is 26.3 Å². The molecule has 25 heavy (non-hydrogen) atoms. The quantitative estimate of drug-likeness (QED) is 0.899. The molecule has 130 valence electrons. The van der Waals surface area contributed by atoms with E-state index in [9.17, 15) is 4.79 Å². The normalized spacial score (nSPS) is 23.7. The monoisotopic (exact) mass is 339 g/mol. The molecular weight excluding hydrogens is 318 g/mol. The van der Waals surface area contributed by atoms with Crippen molar-refractivity contribution in [2.45, 2.75) is 24.9 Å². The Morgan fingerprint density at radius 2 is 1.84 bits per heavy atom. The second-order valence-corrected chi connectivity index (χ2v) is 6.46. The SMILES string of the molecule is O=C(N[C@@H]1COC[C@H]1N1CCCC1)c1cnc(-c2ccncc2)nc1. The summed E-state index contributed by atoms with van der Waals surface area (Å²) < 4.78 is 5.60. The molecule has 2 aromatic rings. The number of hydrogen-bond acceptors (Lipinski definition) is 6. The van der Waals surface area contributed by atoms with Crippen LogP contribution in [0.15, 0.2) is 36.9 Å². The van der Waals surface area contributed by atoms with Crippen molar-refractivity contribution in [3.05, 3.63) is 42.5 Å². The molecule has 1 N–H and O–H groups in total. The zero-order chi connectivity index (χ0) is 17.1. The minimum Gasteiger partial charge on any atom is -0.378 e. The van der Waals surface area contributed by atoms with Gasteiger partial charge in [0.1, 0.15) is 0 Å². The standard InChI is InChI=1S/C18H21N5O2/c24-18(22-15-11-25-12-16(15)23-7-1-2-8-23)14-9-20-17(21-10-14)13-3-5-19-6-4-13/h3-6,9-10,15-16H,1-2,7-8,11-12H2,(H,22,24)/t15-,16-/m1/s1. The number of pyridine rings is 1. The average molecular weight is 339 g/mol. The minimum absolute atomic E-state index is 0.0190. The lowest BCUT2D eigenvalue weighted by Crippen LogP contribution is -2.50. The lowest BCUT2D eigenvalue weighted by molar-refractivity contribution is 0.0916. The first-order valence-corrected chi connectivity index (χ1v) is 8.66. The van der Waals surface area contributed by atoms with Crippen LogP contribution in [0.3, 0.4) is 0 Å². The van der Waals surface area contributed by atoms with Gasteiger partial charge in [0.2, 0.25) is 0 Å². The van der Waals surface area contributed by atoms with Gasteiger partial charge in [0.05, 0.1) is 30.9 Å². The highest BCUT2D eigenvalue weighted by Crippen LogP contribution is 2.19. The fraction of sp³-hybridized carbons (Fsp3) is 0.444. The summed E-state index contributed by atoms with van der Waals surface area (Å²) >= 11 is 0. The van der Waals surface area contributed by atoms with Gasteiger partial charge in [-0.25, -0.2) is 9.97 Å². The zero-order valence-electron chi connectivity index (χ0n) is 14.0. The van der Waals surface area contributed by atoms with Crippen molar-refractivity contribution >= 4 is 5.91 Å². The summed E-state index contributed by atoms with van der Waals surface area (Å²) in [6.07, 6.45) is 8.97. The van der Waals surface area contributed by atoms with Crippen LogP contribution in [-0.2, 0) is 4.74 Å². The molecule has 0 bridgehead atoms. The third-order valence-electron chi connectivity index (χ3n) is 4.83. The van der Waals surface area contributed by atoms with E-state index in [1.165, 1.54) is 12.8 Å². The first-order valence-electron chi connectivity index (χ1n) is 8.66. The molecule has 0 aliphatic carbocycles. The molecular formula is C18H21N5O2. The second kappa shape index (κ2) is 7.25.